The van der Waals surface area contributed by atoms with Crippen molar-refractivity contribution in [3.8, 4) is 0 Å². The molecule has 1 heterocycles. The fraction of sp³-hybridized carbons (Fsp3) is 0.286. The second-order valence-electron chi connectivity index (χ2n) is 4.21. The van der Waals surface area contributed by atoms with Crippen LogP contribution >= 0.6 is 22.9 Å². The number of benzene rings is 1. The quantitative estimate of drug-likeness (QED) is 0.651. The predicted molar refractivity (Wildman–Crippen MR) is 83.5 cm³/mol. The monoisotopic (exact) mass is 310 g/mol. The summed E-state index contributed by atoms with van der Waals surface area (Å²) in [5.74, 6) is -0.209. The number of nitrogens with one attached hydrogen (secondary N) is 1. The first-order valence-electron chi connectivity index (χ1n) is 6.19. The molecule has 106 valence electrons. The van der Waals surface area contributed by atoms with Crippen molar-refractivity contribution < 1.29 is 9.53 Å². The first kappa shape index (κ1) is 15.0. The zero-order valence-electron chi connectivity index (χ0n) is 11.1. The van der Waals surface area contributed by atoms with Crippen LogP contribution in [0.25, 0.3) is 10.2 Å². The maximum absolute atomic E-state index is 11.9. The van der Waals surface area contributed by atoms with Crippen LogP contribution in [0.2, 0.25) is 5.02 Å². The van der Waals surface area contributed by atoms with Crippen LogP contribution in [-0.2, 0) is 9.53 Å². The Bertz CT molecular complexity index is 627. The van der Waals surface area contributed by atoms with Gasteiger partial charge in [0.25, 0.3) is 5.91 Å². The SMILES string of the molecule is C=CCCOC(C)C(=O)Nc1nc2ccc(Cl)cc2s1. The van der Waals surface area contributed by atoms with Gasteiger partial charge in [-0.1, -0.05) is 29.0 Å². The number of nitrogens with zero attached hydrogens (tertiary/aromatic N) is 1. The first-order chi connectivity index (χ1) is 9.60. The summed E-state index contributed by atoms with van der Waals surface area (Å²) in [5, 5.41) is 3.95. The molecule has 1 unspecified atom stereocenters. The van der Waals surface area contributed by atoms with Gasteiger partial charge in [-0.25, -0.2) is 4.98 Å². The molecule has 1 amide bonds. The van der Waals surface area contributed by atoms with Crippen LogP contribution in [-0.4, -0.2) is 23.6 Å². The fourth-order valence-corrected chi connectivity index (χ4v) is 2.71. The van der Waals surface area contributed by atoms with E-state index < -0.39 is 6.10 Å². The number of hydrogen-bond acceptors (Lipinski definition) is 4. The van der Waals surface area contributed by atoms with Crippen LogP contribution < -0.4 is 5.32 Å². The van der Waals surface area contributed by atoms with Gasteiger partial charge < -0.3 is 4.74 Å². The van der Waals surface area contributed by atoms with E-state index in [2.05, 4.69) is 16.9 Å². The molecule has 0 fully saturated rings. The van der Waals surface area contributed by atoms with Gasteiger partial charge in [-0.3, -0.25) is 10.1 Å². The number of thiazole rings is 1. The minimum absolute atomic E-state index is 0.209. The van der Waals surface area contributed by atoms with E-state index >= 15 is 0 Å². The number of amides is 1. The van der Waals surface area contributed by atoms with Crippen LogP contribution in [0, 0.1) is 0 Å². The summed E-state index contributed by atoms with van der Waals surface area (Å²) < 4.78 is 6.32. The molecule has 20 heavy (non-hydrogen) atoms. The second-order valence-corrected chi connectivity index (χ2v) is 5.68. The van der Waals surface area contributed by atoms with E-state index in [1.807, 2.05) is 12.1 Å². The Morgan fingerprint density at radius 1 is 1.65 bits per heavy atom. The topological polar surface area (TPSA) is 51.2 Å². The van der Waals surface area contributed by atoms with Gasteiger partial charge in [-0.05, 0) is 31.5 Å². The normalized spacial score (nSPS) is 12.3. The third-order valence-electron chi connectivity index (χ3n) is 2.64. The molecule has 0 spiro atoms. The fourth-order valence-electron chi connectivity index (χ4n) is 1.56. The highest BCUT2D eigenvalue weighted by molar-refractivity contribution is 7.22. The minimum atomic E-state index is -0.523. The number of rotatable bonds is 6. The van der Waals surface area contributed by atoms with E-state index in [0.717, 1.165) is 16.6 Å². The van der Waals surface area contributed by atoms with Crippen molar-refractivity contribution in [3.05, 3.63) is 35.9 Å². The Morgan fingerprint density at radius 2 is 2.45 bits per heavy atom. The van der Waals surface area contributed by atoms with E-state index in [1.165, 1.54) is 11.3 Å². The van der Waals surface area contributed by atoms with Crippen molar-refractivity contribution in [1.29, 1.82) is 0 Å². The number of fused-ring (bicyclic) bond motifs is 1. The lowest BCUT2D eigenvalue weighted by Gasteiger charge is -2.10. The number of anilines is 1. The minimum Gasteiger partial charge on any atom is -0.368 e. The summed E-state index contributed by atoms with van der Waals surface area (Å²) in [6, 6.07) is 5.43. The molecule has 0 radical (unpaired) electrons. The Kier molecular flexibility index (Phi) is 5.11. The van der Waals surface area contributed by atoms with Gasteiger partial charge in [0, 0.05) is 5.02 Å². The molecule has 0 saturated carbocycles. The molecule has 1 aromatic heterocycles. The number of hydrogen-bond donors (Lipinski definition) is 1. The molecule has 2 rings (SSSR count). The third-order valence-corrected chi connectivity index (χ3v) is 3.81. The van der Waals surface area contributed by atoms with Crippen LogP contribution in [0.4, 0.5) is 5.13 Å². The zero-order valence-corrected chi connectivity index (χ0v) is 12.6. The predicted octanol–water partition coefficient (Wildman–Crippen LogP) is 3.87. The summed E-state index contributed by atoms with van der Waals surface area (Å²) in [6.45, 7) is 5.79. The van der Waals surface area contributed by atoms with Gasteiger partial charge in [0.05, 0.1) is 16.8 Å². The first-order valence-corrected chi connectivity index (χ1v) is 7.39. The maximum Gasteiger partial charge on any atom is 0.254 e. The molecule has 4 nitrogen and oxygen atoms in total. The number of halogens is 1. The van der Waals surface area contributed by atoms with Crippen LogP contribution in [0.5, 0.6) is 0 Å². The average Bonchev–Trinajstić information content (AvgIpc) is 2.80. The van der Waals surface area contributed by atoms with E-state index in [-0.39, 0.29) is 5.91 Å². The van der Waals surface area contributed by atoms with Gasteiger partial charge >= 0.3 is 0 Å². The standard InChI is InChI=1S/C14H15ClN2O2S/c1-3-4-7-19-9(2)13(18)17-14-16-11-6-5-10(15)8-12(11)20-14/h3,5-6,8-9H,1,4,7H2,2H3,(H,16,17,18). The van der Waals surface area contributed by atoms with Gasteiger partial charge in [0.15, 0.2) is 5.13 Å². The van der Waals surface area contributed by atoms with Crippen molar-refractivity contribution in [1.82, 2.24) is 4.98 Å². The van der Waals surface area contributed by atoms with Crippen molar-refractivity contribution in [2.45, 2.75) is 19.4 Å². The maximum atomic E-state index is 11.9. The molecule has 1 N–H and O–H groups in total. The molecule has 0 aliphatic heterocycles. The summed E-state index contributed by atoms with van der Waals surface area (Å²) in [4.78, 5) is 16.3. The van der Waals surface area contributed by atoms with E-state index in [4.69, 9.17) is 16.3 Å². The van der Waals surface area contributed by atoms with E-state index in [1.54, 1.807) is 19.1 Å². The summed E-state index contributed by atoms with van der Waals surface area (Å²) in [7, 11) is 0. The molecule has 6 heteroatoms. The lowest BCUT2D eigenvalue weighted by Crippen LogP contribution is -2.27. The second kappa shape index (κ2) is 6.83. The van der Waals surface area contributed by atoms with Crippen LogP contribution in [0.3, 0.4) is 0 Å². The molecule has 1 atom stereocenters. The number of carbonyl (C=O) groups is 1. The lowest BCUT2D eigenvalue weighted by molar-refractivity contribution is -0.126. The third kappa shape index (κ3) is 3.79. The van der Waals surface area contributed by atoms with Gasteiger partial charge in [-0.15, -0.1) is 6.58 Å². The van der Waals surface area contributed by atoms with Crippen molar-refractivity contribution in [2.75, 3.05) is 11.9 Å². The number of ether oxygens (including phenoxy) is 1. The highest BCUT2D eigenvalue weighted by Gasteiger charge is 2.15. The highest BCUT2D eigenvalue weighted by atomic mass is 35.5. The summed E-state index contributed by atoms with van der Waals surface area (Å²) in [6.07, 6.45) is 1.95. The Balaban J connectivity index is 2.00. The van der Waals surface area contributed by atoms with Crippen LogP contribution in [0.15, 0.2) is 30.9 Å². The lowest BCUT2D eigenvalue weighted by atomic mass is 10.3. The van der Waals surface area contributed by atoms with Crippen molar-refractivity contribution >= 4 is 44.2 Å². The molecule has 0 aliphatic rings. The average molecular weight is 311 g/mol. The number of aromatic nitrogens is 1. The Labute approximate surface area is 126 Å². The molecule has 0 bridgehead atoms. The Morgan fingerprint density at radius 3 is 3.20 bits per heavy atom. The van der Waals surface area contributed by atoms with E-state index in [0.29, 0.717) is 16.8 Å². The molecular weight excluding hydrogens is 296 g/mol. The van der Waals surface area contributed by atoms with Crippen molar-refractivity contribution in [2.24, 2.45) is 0 Å². The molecule has 0 saturated heterocycles. The van der Waals surface area contributed by atoms with E-state index in [9.17, 15) is 4.79 Å². The van der Waals surface area contributed by atoms with Gasteiger partial charge in [0.2, 0.25) is 0 Å². The molecule has 2 aromatic rings. The summed E-state index contributed by atoms with van der Waals surface area (Å²) in [5.41, 5.74) is 0.815. The molecular formula is C14H15ClN2O2S. The van der Waals surface area contributed by atoms with Gasteiger partial charge in [-0.2, -0.15) is 0 Å². The van der Waals surface area contributed by atoms with Gasteiger partial charge in [0.1, 0.15) is 6.10 Å². The number of carbonyl (C=O) groups excluding carboxylic acids is 1. The Hall–Kier alpha value is -1.43. The zero-order chi connectivity index (χ0) is 14.5. The highest BCUT2D eigenvalue weighted by Crippen LogP contribution is 2.28. The largest absolute Gasteiger partial charge is 0.368 e. The summed E-state index contributed by atoms with van der Waals surface area (Å²) >= 11 is 7.30. The molecule has 1 aromatic carbocycles. The molecule has 0 aliphatic carbocycles. The van der Waals surface area contributed by atoms with Crippen LogP contribution in [0.1, 0.15) is 13.3 Å². The van der Waals surface area contributed by atoms with Crippen molar-refractivity contribution in [3.63, 3.8) is 0 Å². The smallest absolute Gasteiger partial charge is 0.254 e.